The van der Waals surface area contributed by atoms with Crippen molar-refractivity contribution in [1.29, 1.82) is 0 Å². The second kappa shape index (κ2) is 5.87. The maximum absolute atomic E-state index is 11.7. The molecule has 1 rings (SSSR count). The summed E-state index contributed by atoms with van der Waals surface area (Å²) < 4.78 is 0. The maximum atomic E-state index is 11.7. The number of carbonyl (C=O) groups excluding carboxylic acids is 1. The number of nitrogens with zero attached hydrogens (tertiary/aromatic N) is 1. The van der Waals surface area contributed by atoms with E-state index in [1.54, 1.807) is 4.90 Å². The van der Waals surface area contributed by atoms with Crippen molar-refractivity contribution in [3.05, 3.63) is 0 Å². The number of amides is 1. The lowest BCUT2D eigenvalue weighted by Gasteiger charge is -2.20. The Morgan fingerprint density at radius 3 is 2.75 bits per heavy atom. The van der Waals surface area contributed by atoms with Gasteiger partial charge in [-0.05, 0) is 18.8 Å². The molecule has 0 aliphatic carbocycles. The van der Waals surface area contributed by atoms with Gasteiger partial charge in [0.05, 0.1) is 5.92 Å². The largest absolute Gasteiger partial charge is 0.481 e. The molecule has 16 heavy (non-hydrogen) atoms. The van der Waals surface area contributed by atoms with E-state index < -0.39 is 11.9 Å². The molecule has 0 spiro atoms. The van der Waals surface area contributed by atoms with Crippen LogP contribution in [0.25, 0.3) is 0 Å². The smallest absolute Gasteiger partial charge is 0.308 e. The predicted molar refractivity (Wildman–Crippen MR) is 61.0 cm³/mol. The van der Waals surface area contributed by atoms with Crippen LogP contribution in [-0.2, 0) is 9.59 Å². The first kappa shape index (κ1) is 13.0. The number of aliphatic carboxylic acids is 1. The van der Waals surface area contributed by atoms with E-state index in [2.05, 4.69) is 6.92 Å². The highest BCUT2D eigenvalue weighted by atomic mass is 16.4. The van der Waals surface area contributed by atoms with Crippen LogP contribution in [0.5, 0.6) is 0 Å². The molecule has 2 atom stereocenters. The Morgan fingerprint density at radius 2 is 2.25 bits per heavy atom. The van der Waals surface area contributed by atoms with Crippen LogP contribution in [0, 0.1) is 11.8 Å². The van der Waals surface area contributed by atoms with Gasteiger partial charge in [0.15, 0.2) is 0 Å². The lowest BCUT2D eigenvalue weighted by Crippen LogP contribution is -2.34. The number of likely N-dealkylation sites (tertiary alicyclic amines) is 1. The van der Waals surface area contributed by atoms with Gasteiger partial charge in [-0.3, -0.25) is 9.59 Å². The summed E-state index contributed by atoms with van der Waals surface area (Å²) in [4.78, 5) is 24.3. The Kier molecular flexibility index (Phi) is 4.77. The summed E-state index contributed by atoms with van der Waals surface area (Å²) in [6.07, 6.45) is 3.33. The average Bonchev–Trinajstić information content (AvgIpc) is 2.55. The minimum Gasteiger partial charge on any atom is -0.481 e. The fourth-order valence-corrected chi connectivity index (χ4v) is 2.28. The van der Waals surface area contributed by atoms with Crippen molar-refractivity contribution in [3.63, 3.8) is 0 Å². The molecule has 0 saturated carbocycles. The van der Waals surface area contributed by atoms with Crippen LogP contribution in [0.4, 0.5) is 0 Å². The number of carbonyl (C=O) groups is 2. The van der Waals surface area contributed by atoms with E-state index in [1.807, 2.05) is 6.92 Å². The fourth-order valence-electron chi connectivity index (χ4n) is 2.28. The maximum Gasteiger partial charge on any atom is 0.308 e. The van der Waals surface area contributed by atoms with E-state index in [4.69, 9.17) is 5.11 Å². The standard InChI is InChI=1S/C12H21NO3/c1-3-5-9-6-11(14)13(7-9)8-10(4-2)12(15)16/h9-10H,3-8H2,1-2H3,(H,15,16)/t9-,10?/m1/s1. The van der Waals surface area contributed by atoms with Gasteiger partial charge in [-0.1, -0.05) is 20.3 Å². The summed E-state index contributed by atoms with van der Waals surface area (Å²) >= 11 is 0. The summed E-state index contributed by atoms with van der Waals surface area (Å²) in [5.41, 5.74) is 0. The second-order valence-electron chi connectivity index (χ2n) is 4.60. The molecule has 1 N–H and O–H groups in total. The molecule has 1 fully saturated rings. The molecule has 92 valence electrons. The molecule has 1 aliphatic rings. The van der Waals surface area contributed by atoms with Gasteiger partial charge in [-0.15, -0.1) is 0 Å². The van der Waals surface area contributed by atoms with Gasteiger partial charge in [0.25, 0.3) is 0 Å². The van der Waals surface area contributed by atoms with Crippen LogP contribution in [0.1, 0.15) is 39.5 Å². The van der Waals surface area contributed by atoms with E-state index in [0.29, 0.717) is 25.3 Å². The molecule has 0 bridgehead atoms. The van der Waals surface area contributed by atoms with Crippen LogP contribution in [0.15, 0.2) is 0 Å². The van der Waals surface area contributed by atoms with E-state index in [9.17, 15) is 9.59 Å². The molecule has 1 unspecified atom stereocenters. The van der Waals surface area contributed by atoms with Gasteiger partial charge >= 0.3 is 5.97 Å². The fraction of sp³-hybridized carbons (Fsp3) is 0.833. The van der Waals surface area contributed by atoms with Gasteiger partial charge in [0, 0.05) is 19.5 Å². The number of hydrogen-bond donors (Lipinski definition) is 1. The summed E-state index contributed by atoms with van der Waals surface area (Å²) in [7, 11) is 0. The van der Waals surface area contributed by atoms with Gasteiger partial charge in [0.2, 0.25) is 5.91 Å². The van der Waals surface area contributed by atoms with Gasteiger partial charge < -0.3 is 10.0 Å². The number of carboxylic acid groups (broad SMARTS) is 1. The second-order valence-corrected chi connectivity index (χ2v) is 4.60. The Hall–Kier alpha value is -1.06. The van der Waals surface area contributed by atoms with E-state index in [1.165, 1.54) is 0 Å². The van der Waals surface area contributed by atoms with Crippen LogP contribution in [-0.4, -0.2) is 35.0 Å². The van der Waals surface area contributed by atoms with E-state index in [-0.39, 0.29) is 5.91 Å². The molecule has 1 heterocycles. The minimum absolute atomic E-state index is 0.123. The van der Waals surface area contributed by atoms with Gasteiger partial charge in [0.1, 0.15) is 0 Å². The molecule has 1 amide bonds. The Labute approximate surface area is 96.6 Å². The Morgan fingerprint density at radius 1 is 1.56 bits per heavy atom. The van der Waals surface area contributed by atoms with Crippen LogP contribution in [0.2, 0.25) is 0 Å². The van der Waals surface area contributed by atoms with Crippen LogP contribution < -0.4 is 0 Å². The van der Waals surface area contributed by atoms with Crippen LogP contribution in [0.3, 0.4) is 0 Å². The van der Waals surface area contributed by atoms with Crippen molar-refractivity contribution in [1.82, 2.24) is 4.90 Å². The monoisotopic (exact) mass is 227 g/mol. The first-order valence-corrected chi connectivity index (χ1v) is 6.09. The third-order valence-corrected chi connectivity index (χ3v) is 3.27. The topological polar surface area (TPSA) is 57.6 Å². The lowest BCUT2D eigenvalue weighted by atomic mass is 10.0. The number of carboxylic acids is 1. The summed E-state index contributed by atoms with van der Waals surface area (Å²) in [6, 6.07) is 0. The number of rotatable bonds is 6. The molecular weight excluding hydrogens is 206 g/mol. The summed E-state index contributed by atoms with van der Waals surface area (Å²) in [5, 5.41) is 8.95. The minimum atomic E-state index is -0.797. The first-order chi connectivity index (χ1) is 7.58. The van der Waals surface area contributed by atoms with Crippen molar-refractivity contribution in [3.8, 4) is 0 Å². The van der Waals surface area contributed by atoms with E-state index in [0.717, 1.165) is 19.4 Å². The third-order valence-electron chi connectivity index (χ3n) is 3.27. The summed E-state index contributed by atoms with van der Waals surface area (Å²) in [5.74, 6) is -0.652. The van der Waals surface area contributed by atoms with Crippen molar-refractivity contribution < 1.29 is 14.7 Å². The zero-order chi connectivity index (χ0) is 12.1. The SMILES string of the molecule is CCC[C@@H]1CC(=O)N(CC(CC)C(=O)O)C1. The van der Waals surface area contributed by atoms with Crippen LogP contribution >= 0.6 is 0 Å². The molecule has 4 nitrogen and oxygen atoms in total. The highest BCUT2D eigenvalue weighted by molar-refractivity contribution is 5.79. The molecule has 1 saturated heterocycles. The summed E-state index contributed by atoms with van der Waals surface area (Å²) in [6.45, 7) is 5.09. The predicted octanol–water partition coefficient (Wildman–Crippen LogP) is 1.75. The molecule has 0 aromatic carbocycles. The van der Waals surface area contributed by atoms with Crippen molar-refractivity contribution in [2.45, 2.75) is 39.5 Å². The molecule has 4 heteroatoms. The molecule has 0 radical (unpaired) electrons. The average molecular weight is 227 g/mol. The molecule has 0 aromatic rings. The zero-order valence-corrected chi connectivity index (χ0v) is 10.1. The van der Waals surface area contributed by atoms with Crippen molar-refractivity contribution >= 4 is 11.9 Å². The van der Waals surface area contributed by atoms with Gasteiger partial charge in [-0.25, -0.2) is 0 Å². The highest BCUT2D eigenvalue weighted by Gasteiger charge is 2.31. The van der Waals surface area contributed by atoms with Gasteiger partial charge in [-0.2, -0.15) is 0 Å². The quantitative estimate of drug-likeness (QED) is 0.752. The number of hydrogen-bond acceptors (Lipinski definition) is 2. The van der Waals surface area contributed by atoms with Crippen molar-refractivity contribution in [2.24, 2.45) is 11.8 Å². The Balaban J connectivity index is 2.48. The third kappa shape index (κ3) is 3.22. The highest BCUT2D eigenvalue weighted by Crippen LogP contribution is 2.23. The Bertz CT molecular complexity index is 265. The normalized spacial score (nSPS) is 22.5. The van der Waals surface area contributed by atoms with E-state index >= 15 is 0 Å². The first-order valence-electron chi connectivity index (χ1n) is 6.09. The molecule has 1 aliphatic heterocycles. The zero-order valence-electron chi connectivity index (χ0n) is 10.1. The molecular formula is C12H21NO3. The molecule has 0 aromatic heterocycles. The lowest BCUT2D eigenvalue weighted by molar-refractivity contribution is -0.143. The van der Waals surface area contributed by atoms with Crippen molar-refractivity contribution in [2.75, 3.05) is 13.1 Å².